The topological polar surface area (TPSA) is 74.8 Å². The maximum atomic E-state index is 12.3. The second-order valence-electron chi connectivity index (χ2n) is 5.08. The molecule has 114 valence electrons. The molecule has 0 radical (unpaired) electrons. The number of likely N-dealkylation sites (N-methyl/N-ethyl adjacent to an activating group) is 1. The smallest absolute Gasteiger partial charge is 0.243 e. The Morgan fingerprint density at radius 2 is 1.76 bits per heavy atom. The Hall–Kier alpha value is -1.73. The van der Waals surface area contributed by atoms with Gasteiger partial charge in [0.05, 0.1) is 11.4 Å². The normalized spacial score (nSPS) is 14.9. The second kappa shape index (κ2) is 5.95. The molecule has 1 heterocycles. The number of ketones is 1. The molecule has 1 aromatic carbocycles. The van der Waals surface area contributed by atoms with E-state index in [-0.39, 0.29) is 23.1 Å². The van der Waals surface area contributed by atoms with Crippen LogP contribution < -0.4 is 0 Å². The number of rotatable bonds is 5. The summed E-state index contributed by atoms with van der Waals surface area (Å²) in [5.41, 5.74) is 0.452. The molecule has 1 aromatic rings. The van der Waals surface area contributed by atoms with Gasteiger partial charge in [-0.1, -0.05) is 12.1 Å². The average Bonchev–Trinajstić information content (AvgIpc) is 2.36. The minimum Gasteiger partial charge on any atom is -0.341 e. The van der Waals surface area contributed by atoms with Gasteiger partial charge in [-0.25, -0.2) is 8.42 Å². The molecule has 6 nitrogen and oxygen atoms in total. The second-order valence-corrected chi connectivity index (χ2v) is 7.12. The standard InChI is InChI=1S/C14H18N2O4S/c1-11(17)12-4-6-13(7-5-12)21(19,20)15(2)10-14(18)16-8-3-9-16/h4-7H,3,8-10H2,1-2H3. The highest BCUT2D eigenvalue weighted by molar-refractivity contribution is 7.89. The molecule has 0 aliphatic carbocycles. The van der Waals surface area contributed by atoms with Crippen LogP contribution in [-0.2, 0) is 14.8 Å². The van der Waals surface area contributed by atoms with Crippen molar-refractivity contribution in [2.24, 2.45) is 0 Å². The lowest BCUT2D eigenvalue weighted by Crippen LogP contribution is -2.47. The fraction of sp³-hybridized carbons (Fsp3) is 0.429. The van der Waals surface area contributed by atoms with E-state index < -0.39 is 10.0 Å². The molecule has 21 heavy (non-hydrogen) atoms. The van der Waals surface area contributed by atoms with Gasteiger partial charge in [0, 0.05) is 25.7 Å². The van der Waals surface area contributed by atoms with E-state index >= 15 is 0 Å². The third-order valence-electron chi connectivity index (χ3n) is 3.54. The van der Waals surface area contributed by atoms with E-state index in [0.717, 1.165) is 10.7 Å². The Balaban J connectivity index is 2.12. The van der Waals surface area contributed by atoms with Gasteiger partial charge < -0.3 is 4.90 Å². The quantitative estimate of drug-likeness (QED) is 0.752. The number of Topliss-reactive ketones (excluding diaryl/α,β-unsaturated/α-hetero) is 1. The zero-order valence-electron chi connectivity index (χ0n) is 12.1. The van der Waals surface area contributed by atoms with Crippen molar-refractivity contribution >= 4 is 21.7 Å². The van der Waals surface area contributed by atoms with Crippen molar-refractivity contribution < 1.29 is 18.0 Å². The van der Waals surface area contributed by atoms with Gasteiger partial charge in [-0.15, -0.1) is 0 Å². The Bertz CT molecular complexity index is 648. The summed E-state index contributed by atoms with van der Waals surface area (Å²) in [5.74, 6) is -0.312. The number of carbonyl (C=O) groups excluding carboxylic acids is 2. The number of likely N-dealkylation sites (tertiary alicyclic amines) is 1. The molecular weight excluding hydrogens is 292 g/mol. The number of benzene rings is 1. The maximum absolute atomic E-state index is 12.3. The van der Waals surface area contributed by atoms with Crippen LogP contribution in [0, 0.1) is 0 Å². The Labute approximate surface area is 124 Å². The van der Waals surface area contributed by atoms with E-state index in [2.05, 4.69) is 0 Å². The first-order chi connectivity index (χ1) is 9.82. The summed E-state index contributed by atoms with van der Waals surface area (Å²) in [7, 11) is -2.34. The molecule has 0 N–H and O–H groups in total. The lowest BCUT2D eigenvalue weighted by atomic mass is 10.2. The van der Waals surface area contributed by atoms with Gasteiger partial charge >= 0.3 is 0 Å². The van der Waals surface area contributed by atoms with Gasteiger partial charge in [0.2, 0.25) is 15.9 Å². The minimum absolute atomic E-state index is 0.0754. The van der Waals surface area contributed by atoms with E-state index in [1.165, 1.54) is 38.2 Å². The zero-order valence-corrected chi connectivity index (χ0v) is 12.9. The number of carbonyl (C=O) groups is 2. The number of hydrogen-bond donors (Lipinski definition) is 0. The van der Waals surface area contributed by atoms with Gasteiger partial charge in [0.25, 0.3) is 0 Å². The zero-order chi connectivity index (χ0) is 15.6. The first-order valence-corrected chi connectivity index (χ1v) is 8.11. The Morgan fingerprint density at radius 1 is 1.19 bits per heavy atom. The summed E-state index contributed by atoms with van der Waals surface area (Å²) in [6, 6.07) is 5.72. The summed E-state index contributed by atoms with van der Waals surface area (Å²) in [6.07, 6.45) is 0.967. The van der Waals surface area contributed by atoms with Crippen molar-refractivity contribution in [3.8, 4) is 0 Å². The third kappa shape index (κ3) is 3.30. The molecule has 0 aromatic heterocycles. The monoisotopic (exact) mass is 310 g/mol. The summed E-state index contributed by atoms with van der Waals surface area (Å²) in [6.45, 7) is 2.64. The lowest BCUT2D eigenvalue weighted by molar-refractivity contribution is -0.134. The number of nitrogens with zero attached hydrogens (tertiary/aromatic N) is 2. The molecule has 7 heteroatoms. The van der Waals surface area contributed by atoms with Gasteiger partial charge in [-0.3, -0.25) is 9.59 Å². The van der Waals surface area contributed by atoms with Crippen molar-refractivity contribution in [3.63, 3.8) is 0 Å². The number of sulfonamides is 1. The van der Waals surface area contributed by atoms with Gasteiger partial charge in [-0.05, 0) is 25.5 Å². The van der Waals surface area contributed by atoms with E-state index in [1.807, 2.05) is 0 Å². The third-order valence-corrected chi connectivity index (χ3v) is 5.35. The Kier molecular flexibility index (Phi) is 4.43. The van der Waals surface area contributed by atoms with Crippen LogP contribution in [-0.4, -0.2) is 56.0 Å². The molecule has 1 aliphatic rings. The van der Waals surface area contributed by atoms with Crippen molar-refractivity contribution in [3.05, 3.63) is 29.8 Å². The van der Waals surface area contributed by atoms with Gasteiger partial charge in [0.15, 0.2) is 5.78 Å². The number of amides is 1. The van der Waals surface area contributed by atoms with Crippen LogP contribution >= 0.6 is 0 Å². The van der Waals surface area contributed by atoms with E-state index in [1.54, 1.807) is 4.90 Å². The van der Waals surface area contributed by atoms with E-state index in [4.69, 9.17) is 0 Å². The summed E-state index contributed by atoms with van der Waals surface area (Å²) < 4.78 is 25.7. The SMILES string of the molecule is CC(=O)c1ccc(S(=O)(=O)N(C)CC(=O)N2CCC2)cc1. The number of hydrogen-bond acceptors (Lipinski definition) is 4. The van der Waals surface area contributed by atoms with Crippen LogP contribution in [0.4, 0.5) is 0 Å². The fourth-order valence-corrected chi connectivity index (χ4v) is 3.10. The molecule has 0 spiro atoms. The fourth-order valence-electron chi connectivity index (χ4n) is 1.98. The molecule has 1 amide bonds. The van der Waals surface area contributed by atoms with Gasteiger partial charge in [0.1, 0.15) is 0 Å². The van der Waals surface area contributed by atoms with Crippen LogP contribution in [0.15, 0.2) is 29.2 Å². The summed E-state index contributed by atoms with van der Waals surface area (Å²) >= 11 is 0. The van der Waals surface area contributed by atoms with Crippen molar-refractivity contribution in [2.75, 3.05) is 26.7 Å². The van der Waals surface area contributed by atoms with Gasteiger partial charge in [-0.2, -0.15) is 4.31 Å². The predicted octanol–water partition coefficient (Wildman–Crippen LogP) is 0.742. The molecule has 1 fully saturated rings. The van der Waals surface area contributed by atoms with E-state index in [9.17, 15) is 18.0 Å². The molecule has 0 unspecified atom stereocenters. The summed E-state index contributed by atoms with van der Waals surface area (Å²) in [4.78, 5) is 24.7. The van der Waals surface area contributed by atoms with Crippen molar-refractivity contribution in [2.45, 2.75) is 18.2 Å². The molecule has 1 aliphatic heterocycles. The van der Waals surface area contributed by atoms with Crippen LogP contribution in [0.3, 0.4) is 0 Å². The van der Waals surface area contributed by atoms with Crippen LogP contribution in [0.25, 0.3) is 0 Å². The molecule has 0 bridgehead atoms. The molecule has 1 saturated heterocycles. The van der Waals surface area contributed by atoms with Crippen molar-refractivity contribution in [1.82, 2.24) is 9.21 Å². The Morgan fingerprint density at radius 3 is 2.19 bits per heavy atom. The van der Waals surface area contributed by atoms with Crippen LogP contribution in [0.2, 0.25) is 0 Å². The first-order valence-electron chi connectivity index (χ1n) is 6.67. The molecule has 2 rings (SSSR count). The largest absolute Gasteiger partial charge is 0.341 e. The van der Waals surface area contributed by atoms with Crippen LogP contribution in [0.1, 0.15) is 23.7 Å². The first kappa shape index (κ1) is 15.7. The average molecular weight is 310 g/mol. The lowest BCUT2D eigenvalue weighted by Gasteiger charge is -2.32. The highest BCUT2D eigenvalue weighted by Crippen LogP contribution is 2.16. The minimum atomic E-state index is -3.72. The molecular formula is C14H18N2O4S. The van der Waals surface area contributed by atoms with E-state index in [0.29, 0.717) is 18.7 Å². The highest BCUT2D eigenvalue weighted by Gasteiger charge is 2.27. The van der Waals surface area contributed by atoms with Crippen molar-refractivity contribution in [1.29, 1.82) is 0 Å². The van der Waals surface area contributed by atoms with Crippen LogP contribution in [0.5, 0.6) is 0 Å². The highest BCUT2D eigenvalue weighted by atomic mass is 32.2. The maximum Gasteiger partial charge on any atom is 0.243 e. The molecule has 0 saturated carbocycles. The summed E-state index contributed by atoms with van der Waals surface area (Å²) in [5, 5.41) is 0. The predicted molar refractivity (Wildman–Crippen MR) is 77.5 cm³/mol. The molecule has 0 atom stereocenters.